The lowest BCUT2D eigenvalue weighted by atomic mass is 10.2. The Bertz CT molecular complexity index is 765. The highest BCUT2D eigenvalue weighted by molar-refractivity contribution is 6.34. The molecule has 2 rings (SSSR count). The van der Waals surface area contributed by atoms with E-state index in [0.29, 0.717) is 27.0 Å². The van der Waals surface area contributed by atoms with E-state index < -0.39 is 10.8 Å². The monoisotopic (exact) mass is 354 g/mol. The fourth-order valence-electron chi connectivity index (χ4n) is 1.82. The van der Waals surface area contributed by atoms with E-state index in [-0.39, 0.29) is 12.3 Å². The van der Waals surface area contributed by atoms with Crippen LogP contribution in [0.1, 0.15) is 5.56 Å². The summed E-state index contributed by atoms with van der Waals surface area (Å²) in [5, 5.41) is 14.1. The third-order valence-electron chi connectivity index (χ3n) is 2.95. The number of anilines is 1. The number of nitro groups is 1. The standard InChI is InChI=1S/C15H12Cl2N2O4/c1-9-6-11(19(21)22)3-5-13(9)18-15(20)8-23-14-7-10(16)2-4-12(14)17/h2-7H,8H2,1H3,(H,18,20). The van der Waals surface area contributed by atoms with E-state index >= 15 is 0 Å². The number of halogens is 2. The summed E-state index contributed by atoms with van der Waals surface area (Å²) in [4.78, 5) is 22.1. The maximum atomic E-state index is 11.9. The molecule has 8 heteroatoms. The molecule has 0 radical (unpaired) electrons. The molecule has 0 atom stereocenters. The highest BCUT2D eigenvalue weighted by Crippen LogP contribution is 2.27. The van der Waals surface area contributed by atoms with Gasteiger partial charge in [0.1, 0.15) is 5.75 Å². The number of hydrogen-bond donors (Lipinski definition) is 1. The minimum atomic E-state index is -0.497. The van der Waals surface area contributed by atoms with Gasteiger partial charge in [-0.3, -0.25) is 14.9 Å². The van der Waals surface area contributed by atoms with Gasteiger partial charge in [-0.1, -0.05) is 23.2 Å². The van der Waals surface area contributed by atoms with Gasteiger partial charge in [-0.15, -0.1) is 0 Å². The van der Waals surface area contributed by atoms with Crippen molar-refractivity contribution in [3.05, 3.63) is 62.1 Å². The minimum Gasteiger partial charge on any atom is -0.482 e. The first-order valence-electron chi connectivity index (χ1n) is 6.49. The van der Waals surface area contributed by atoms with Crippen molar-refractivity contribution < 1.29 is 14.5 Å². The first-order chi connectivity index (χ1) is 10.9. The zero-order valence-corrected chi connectivity index (χ0v) is 13.5. The van der Waals surface area contributed by atoms with Gasteiger partial charge in [0.05, 0.1) is 9.95 Å². The van der Waals surface area contributed by atoms with Gasteiger partial charge >= 0.3 is 0 Å². The summed E-state index contributed by atoms with van der Waals surface area (Å²) in [6.45, 7) is 1.40. The highest BCUT2D eigenvalue weighted by atomic mass is 35.5. The number of nitrogens with one attached hydrogen (secondary N) is 1. The molecule has 0 spiro atoms. The quantitative estimate of drug-likeness (QED) is 0.643. The minimum absolute atomic E-state index is 0.0394. The van der Waals surface area contributed by atoms with E-state index in [2.05, 4.69) is 5.32 Å². The smallest absolute Gasteiger partial charge is 0.269 e. The fourth-order valence-corrected chi connectivity index (χ4v) is 2.15. The summed E-state index contributed by atoms with van der Waals surface area (Å²) >= 11 is 11.8. The van der Waals surface area contributed by atoms with E-state index in [1.54, 1.807) is 19.1 Å². The number of nitrogens with zero attached hydrogens (tertiary/aromatic N) is 1. The lowest BCUT2D eigenvalue weighted by Gasteiger charge is -2.10. The summed E-state index contributed by atoms with van der Waals surface area (Å²) in [7, 11) is 0. The Kier molecular flexibility index (Phi) is 5.41. The van der Waals surface area contributed by atoms with Crippen molar-refractivity contribution >= 4 is 40.5 Å². The van der Waals surface area contributed by atoms with Gasteiger partial charge in [0.2, 0.25) is 0 Å². The molecule has 2 aromatic carbocycles. The topological polar surface area (TPSA) is 81.5 Å². The summed E-state index contributed by atoms with van der Waals surface area (Å²) in [5.74, 6) is -0.118. The zero-order chi connectivity index (χ0) is 17.0. The Labute approximate surface area is 142 Å². The summed E-state index contributed by atoms with van der Waals surface area (Å²) in [5.41, 5.74) is 1.01. The van der Waals surface area contributed by atoms with E-state index in [1.807, 2.05) is 0 Å². The van der Waals surface area contributed by atoms with Gasteiger partial charge in [0.25, 0.3) is 11.6 Å². The van der Waals surface area contributed by atoms with Crippen LogP contribution in [0, 0.1) is 17.0 Å². The van der Waals surface area contributed by atoms with Crippen molar-refractivity contribution in [3.63, 3.8) is 0 Å². The molecular weight excluding hydrogens is 343 g/mol. The number of amides is 1. The molecular formula is C15H12Cl2N2O4. The predicted octanol–water partition coefficient (Wildman–Crippen LogP) is 4.23. The van der Waals surface area contributed by atoms with Gasteiger partial charge in [-0.2, -0.15) is 0 Å². The maximum Gasteiger partial charge on any atom is 0.269 e. The number of rotatable bonds is 5. The molecule has 0 aliphatic heterocycles. The molecule has 0 fully saturated rings. The third kappa shape index (κ3) is 4.58. The molecule has 1 amide bonds. The van der Waals surface area contributed by atoms with Gasteiger partial charge < -0.3 is 10.1 Å². The van der Waals surface area contributed by atoms with Crippen LogP contribution in [-0.4, -0.2) is 17.4 Å². The number of hydrogen-bond acceptors (Lipinski definition) is 4. The van der Waals surface area contributed by atoms with Crippen molar-refractivity contribution in [2.75, 3.05) is 11.9 Å². The lowest BCUT2D eigenvalue weighted by Crippen LogP contribution is -2.20. The molecule has 0 bridgehead atoms. The number of non-ortho nitro benzene ring substituents is 1. The molecule has 120 valence electrons. The maximum absolute atomic E-state index is 11.9. The number of ether oxygens (including phenoxy) is 1. The molecule has 23 heavy (non-hydrogen) atoms. The molecule has 0 saturated heterocycles. The zero-order valence-electron chi connectivity index (χ0n) is 12.0. The first kappa shape index (κ1) is 17.1. The van der Waals surface area contributed by atoms with Crippen LogP contribution in [0.4, 0.5) is 11.4 Å². The van der Waals surface area contributed by atoms with Crippen molar-refractivity contribution in [1.82, 2.24) is 0 Å². The summed E-state index contributed by atoms with van der Waals surface area (Å²) in [6, 6.07) is 8.85. The van der Waals surface area contributed by atoms with Crippen molar-refractivity contribution in [2.24, 2.45) is 0 Å². The molecule has 1 N–H and O–H groups in total. The second-order valence-corrected chi connectivity index (χ2v) is 5.51. The molecule has 0 aliphatic carbocycles. The SMILES string of the molecule is Cc1cc([N+](=O)[O-])ccc1NC(=O)COc1cc(Cl)ccc1Cl. The molecule has 0 aromatic heterocycles. The number of benzene rings is 2. The lowest BCUT2D eigenvalue weighted by molar-refractivity contribution is -0.384. The average molecular weight is 355 g/mol. The molecule has 0 aliphatic rings. The molecule has 0 unspecified atom stereocenters. The van der Waals surface area contributed by atoms with Crippen LogP contribution in [0.15, 0.2) is 36.4 Å². The van der Waals surface area contributed by atoms with Gasteiger partial charge in [0.15, 0.2) is 6.61 Å². The van der Waals surface area contributed by atoms with Crippen molar-refractivity contribution in [2.45, 2.75) is 6.92 Å². The van der Waals surface area contributed by atoms with Crippen LogP contribution >= 0.6 is 23.2 Å². The second kappa shape index (κ2) is 7.30. The Balaban J connectivity index is 2.00. The highest BCUT2D eigenvalue weighted by Gasteiger charge is 2.11. The van der Waals surface area contributed by atoms with Crippen LogP contribution < -0.4 is 10.1 Å². The second-order valence-electron chi connectivity index (χ2n) is 4.67. The Hall–Kier alpha value is -2.31. The van der Waals surface area contributed by atoms with Crippen LogP contribution in [0.2, 0.25) is 10.0 Å². The third-order valence-corrected chi connectivity index (χ3v) is 3.49. The molecule has 6 nitrogen and oxygen atoms in total. The van der Waals surface area contributed by atoms with E-state index in [9.17, 15) is 14.9 Å². The van der Waals surface area contributed by atoms with Gasteiger partial charge in [0, 0.05) is 28.9 Å². The molecule has 0 heterocycles. The molecule has 0 saturated carbocycles. The fraction of sp³-hybridized carbons (Fsp3) is 0.133. The summed E-state index contributed by atoms with van der Waals surface area (Å²) < 4.78 is 5.32. The van der Waals surface area contributed by atoms with Crippen LogP contribution in [0.3, 0.4) is 0 Å². The predicted molar refractivity (Wildman–Crippen MR) is 88.4 cm³/mol. The number of carbonyl (C=O) groups is 1. The van der Waals surface area contributed by atoms with Crippen molar-refractivity contribution in [1.29, 1.82) is 0 Å². The summed E-state index contributed by atoms with van der Waals surface area (Å²) in [6.07, 6.45) is 0. The Morgan fingerprint density at radius 3 is 2.65 bits per heavy atom. The van der Waals surface area contributed by atoms with E-state index in [1.165, 1.54) is 24.3 Å². The Morgan fingerprint density at radius 1 is 1.26 bits per heavy atom. The Morgan fingerprint density at radius 2 is 2.00 bits per heavy atom. The number of aryl methyl sites for hydroxylation is 1. The van der Waals surface area contributed by atoms with Crippen LogP contribution in [0.5, 0.6) is 5.75 Å². The van der Waals surface area contributed by atoms with Gasteiger partial charge in [-0.05, 0) is 30.7 Å². The average Bonchev–Trinajstić information content (AvgIpc) is 2.50. The normalized spacial score (nSPS) is 10.2. The van der Waals surface area contributed by atoms with Crippen LogP contribution in [0.25, 0.3) is 0 Å². The van der Waals surface area contributed by atoms with E-state index in [4.69, 9.17) is 27.9 Å². The van der Waals surface area contributed by atoms with Crippen molar-refractivity contribution in [3.8, 4) is 5.75 Å². The number of carbonyl (C=O) groups excluding carboxylic acids is 1. The van der Waals surface area contributed by atoms with E-state index in [0.717, 1.165) is 0 Å². The molecule has 2 aromatic rings. The van der Waals surface area contributed by atoms with Crippen LogP contribution in [-0.2, 0) is 4.79 Å². The first-order valence-corrected chi connectivity index (χ1v) is 7.25. The largest absolute Gasteiger partial charge is 0.482 e. The number of nitro benzene ring substituents is 1. The van der Waals surface area contributed by atoms with Gasteiger partial charge in [-0.25, -0.2) is 0 Å².